The van der Waals surface area contributed by atoms with Gasteiger partial charge in [0.05, 0.1) is 19.9 Å². The van der Waals surface area contributed by atoms with E-state index >= 15 is 0 Å². The summed E-state index contributed by atoms with van der Waals surface area (Å²) in [5.41, 5.74) is 1.47. The first-order chi connectivity index (χ1) is 13.5. The van der Waals surface area contributed by atoms with E-state index in [0.29, 0.717) is 55.0 Å². The van der Waals surface area contributed by atoms with Crippen molar-refractivity contribution in [1.82, 2.24) is 14.9 Å². The predicted octanol–water partition coefficient (Wildman–Crippen LogP) is 1.33. The van der Waals surface area contributed by atoms with Crippen LogP contribution in [0.1, 0.15) is 16.2 Å². The lowest BCUT2D eigenvalue weighted by Gasteiger charge is -2.32. The van der Waals surface area contributed by atoms with Gasteiger partial charge in [0.1, 0.15) is 17.2 Å². The number of nitrogens with zero attached hydrogens (tertiary/aromatic N) is 4. The maximum Gasteiger partial charge on any atom is 0.274 e. The van der Waals surface area contributed by atoms with Gasteiger partial charge in [0.25, 0.3) is 5.91 Å². The molecule has 0 unspecified atom stereocenters. The summed E-state index contributed by atoms with van der Waals surface area (Å²) in [6.45, 7) is 4.26. The predicted molar refractivity (Wildman–Crippen MR) is 104 cm³/mol. The van der Waals surface area contributed by atoms with Crippen molar-refractivity contribution in [3.63, 3.8) is 0 Å². The van der Waals surface area contributed by atoms with Crippen LogP contribution in [0.2, 0.25) is 0 Å². The SMILES string of the molecule is COc1ccc(NC(=O)c2cc(C)nc(N3CCN(C=O)CC3)n2)c(OC)c1. The van der Waals surface area contributed by atoms with Crippen LogP contribution in [0.25, 0.3) is 0 Å². The number of methoxy groups -OCH3 is 2. The molecular weight excluding hydrogens is 362 g/mol. The molecular formula is C19H23N5O4. The number of amides is 2. The van der Waals surface area contributed by atoms with E-state index in [1.165, 1.54) is 7.11 Å². The topological polar surface area (TPSA) is 96.9 Å². The van der Waals surface area contributed by atoms with Crippen molar-refractivity contribution in [2.45, 2.75) is 6.92 Å². The van der Waals surface area contributed by atoms with Crippen LogP contribution < -0.4 is 19.7 Å². The molecule has 1 aromatic heterocycles. The summed E-state index contributed by atoms with van der Waals surface area (Å²) in [5.74, 6) is 1.24. The number of rotatable bonds is 6. The fraction of sp³-hybridized carbons (Fsp3) is 0.368. The van der Waals surface area contributed by atoms with Gasteiger partial charge in [-0.3, -0.25) is 9.59 Å². The van der Waals surface area contributed by atoms with Crippen LogP contribution in [-0.4, -0.2) is 67.6 Å². The Labute approximate surface area is 163 Å². The van der Waals surface area contributed by atoms with Crippen molar-refractivity contribution < 1.29 is 19.1 Å². The number of hydrogen-bond donors (Lipinski definition) is 1. The number of anilines is 2. The average molecular weight is 385 g/mol. The van der Waals surface area contributed by atoms with Gasteiger partial charge in [0, 0.05) is 37.9 Å². The van der Waals surface area contributed by atoms with Gasteiger partial charge in [-0.2, -0.15) is 0 Å². The zero-order valence-corrected chi connectivity index (χ0v) is 16.1. The Bertz CT molecular complexity index is 865. The number of carbonyl (C=O) groups excluding carboxylic acids is 2. The maximum atomic E-state index is 12.8. The van der Waals surface area contributed by atoms with Crippen LogP contribution >= 0.6 is 0 Å². The summed E-state index contributed by atoms with van der Waals surface area (Å²) in [7, 11) is 3.09. The van der Waals surface area contributed by atoms with Gasteiger partial charge in [-0.1, -0.05) is 0 Å². The monoisotopic (exact) mass is 385 g/mol. The number of aryl methyl sites for hydroxylation is 1. The second kappa shape index (κ2) is 8.55. The van der Waals surface area contributed by atoms with Crippen molar-refractivity contribution >= 4 is 24.0 Å². The minimum atomic E-state index is -0.359. The van der Waals surface area contributed by atoms with E-state index in [-0.39, 0.29) is 11.6 Å². The number of carbonyl (C=O) groups is 2. The molecule has 3 rings (SSSR count). The van der Waals surface area contributed by atoms with E-state index in [9.17, 15) is 9.59 Å². The molecule has 1 saturated heterocycles. The zero-order valence-electron chi connectivity index (χ0n) is 16.1. The van der Waals surface area contributed by atoms with Crippen LogP contribution in [-0.2, 0) is 4.79 Å². The first-order valence-electron chi connectivity index (χ1n) is 8.87. The molecule has 9 heteroatoms. The van der Waals surface area contributed by atoms with Gasteiger partial charge in [0.2, 0.25) is 12.4 Å². The third kappa shape index (κ3) is 4.30. The molecule has 0 aliphatic carbocycles. The molecule has 0 atom stereocenters. The first kappa shape index (κ1) is 19.4. The summed E-state index contributed by atoms with van der Waals surface area (Å²) in [6.07, 6.45) is 0.843. The molecule has 2 aromatic rings. The third-order valence-electron chi connectivity index (χ3n) is 4.48. The molecule has 2 heterocycles. The van der Waals surface area contributed by atoms with E-state index in [0.717, 1.165) is 6.41 Å². The summed E-state index contributed by atoms with van der Waals surface area (Å²) in [4.78, 5) is 36.2. The number of aromatic nitrogens is 2. The molecule has 1 aliphatic rings. The number of hydrogen-bond acceptors (Lipinski definition) is 7. The highest BCUT2D eigenvalue weighted by Gasteiger charge is 2.20. The molecule has 1 N–H and O–H groups in total. The number of ether oxygens (including phenoxy) is 2. The van der Waals surface area contributed by atoms with Crippen molar-refractivity contribution in [3.8, 4) is 11.5 Å². The highest BCUT2D eigenvalue weighted by Crippen LogP contribution is 2.29. The quantitative estimate of drug-likeness (QED) is 0.750. The molecule has 1 aliphatic heterocycles. The van der Waals surface area contributed by atoms with Gasteiger partial charge in [0.15, 0.2) is 0 Å². The van der Waals surface area contributed by atoms with Gasteiger partial charge in [-0.25, -0.2) is 9.97 Å². The summed E-state index contributed by atoms with van der Waals surface area (Å²) in [6, 6.07) is 6.78. The molecule has 2 amide bonds. The molecule has 1 aromatic carbocycles. The fourth-order valence-electron chi connectivity index (χ4n) is 2.93. The van der Waals surface area contributed by atoms with Crippen LogP contribution in [0.3, 0.4) is 0 Å². The first-order valence-corrected chi connectivity index (χ1v) is 8.87. The number of nitrogens with one attached hydrogen (secondary N) is 1. The normalized spacial score (nSPS) is 13.8. The Morgan fingerprint density at radius 1 is 1.11 bits per heavy atom. The molecule has 1 fully saturated rings. The Hall–Kier alpha value is -3.36. The van der Waals surface area contributed by atoms with E-state index < -0.39 is 0 Å². The van der Waals surface area contributed by atoms with E-state index in [2.05, 4.69) is 15.3 Å². The van der Waals surface area contributed by atoms with Gasteiger partial charge < -0.3 is 24.6 Å². The van der Waals surface area contributed by atoms with Crippen LogP contribution in [0, 0.1) is 6.92 Å². The molecule has 28 heavy (non-hydrogen) atoms. The van der Waals surface area contributed by atoms with Gasteiger partial charge >= 0.3 is 0 Å². The molecule has 0 saturated carbocycles. The van der Waals surface area contributed by atoms with Crippen LogP contribution in [0.4, 0.5) is 11.6 Å². The Kier molecular flexibility index (Phi) is 5.93. The van der Waals surface area contributed by atoms with Gasteiger partial charge in [-0.15, -0.1) is 0 Å². The Morgan fingerprint density at radius 3 is 2.50 bits per heavy atom. The fourth-order valence-corrected chi connectivity index (χ4v) is 2.93. The zero-order chi connectivity index (χ0) is 20.1. The highest BCUT2D eigenvalue weighted by molar-refractivity contribution is 6.04. The largest absolute Gasteiger partial charge is 0.497 e. The maximum absolute atomic E-state index is 12.8. The van der Waals surface area contributed by atoms with E-state index in [1.54, 1.807) is 36.3 Å². The van der Waals surface area contributed by atoms with Crippen molar-refractivity contribution in [1.29, 1.82) is 0 Å². The lowest BCUT2D eigenvalue weighted by molar-refractivity contribution is -0.118. The Balaban J connectivity index is 1.79. The summed E-state index contributed by atoms with van der Waals surface area (Å²) < 4.78 is 10.5. The molecule has 0 spiro atoms. The summed E-state index contributed by atoms with van der Waals surface area (Å²) in [5, 5.41) is 2.82. The second-order valence-corrected chi connectivity index (χ2v) is 6.34. The number of benzene rings is 1. The number of piperazine rings is 1. The smallest absolute Gasteiger partial charge is 0.274 e. The molecule has 0 bridgehead atoms. The van der Waals surface area contributed by atoms with Crippen LogP contribution in [0.5, 0.6) is 11.5 Å². The second-order valence-electron chi connectivity index (χ2n) is 6.34. The van der Waals surface area contributed by atoms with Crippen LogP contribution in [0.15, 0.2) is 24.3 Å². The average Bonchev–Trinajstić information content (AvgIpc) is 2.73. The summed E-state index contributed by atoms with van der Waals surface area (Å²) >= 11 is 0. The minimum absolute atomic E-state index is 0.262. The molecule has 0 radical (unpaired) electrons. The minimum Gasteiger partial charge on any atom is -0.497 e. The highest BCUT2D eigenvalue weighted by atomic mass is 16.5. The van der Waals surface area contributed by atoms with Crippen molar-refractivity contribution in [3.05, 3.63) is 35.7 Å². The standard InChI is InChI=1S/C19H23N5O4/c1-13-10-16(22-19(20-13)24-8-6-23(12-25)7-9-24)18(26)21-15-5-4-14(27-2)11-17(15)28-3/h4-5,10-12H,6-9H2,1-3H3,(H,21,26). The lowest BCUT2D eigenvalue weighted by Crippen LogP contribution is -2.46. The molecule has 9 nitrogen and oxygen atoms in total. The van der Waals surface area contributed by atoms with Crippen molar-refractivity contribution in [2.24, 2.45) is 0 Å². The van der Waals surface area contributed by atoms with E-state index in [4.69, 9.17) is 9.47 Å². The molecule has 148 valence electrons. The van der Waals surface area contributed by atoms with Crippen molar-refractivity contribution in [2.75, 3.05) is 50.6 Å². The Morgan fingerprint density at radius 2 is 1.86 bits per heavy atom. The lowest BCUT2D eigenvalue weighted by atomic mass is 10.2. The van der Waals surface area contributed by atoms with E-state index in [1.807, 2.05) is 11.8 Å². The third-order valence-corrected chi connectivity index (χ3v) is 4.48. The van der Waals surface area contributed by atoms with Gasteiger partial charge in [-0.05, 0) is 25.1 Å².